The number of furan rings is 1. The molecule has 1 aromatic rings. The summed E-state index contributed by atoms with van der Waals surface area (Å²) in [4.78, 5) is 0. The van der Waals surface area contributed by atoms with Gasteiger partial charge in [-0.2, -0.15) is 0 Å². The van der Waals surface area contributed by atoms with Gasteiger partial charge in [-0.25, -0.2) is 0 Å². The Kier molecular flexibility index (Phi) is 3.69. The second-order valence-electron chi connectivity index (χ2n) is 8.97. The lowest BCUT2D eigenvalue weighted by Gasteiger charge is -2.61. The van der Waals surface area contributed by atoms with E-state index in [0.29, 0.717) is 24.9 Å². The highest BCUT2D eigenvalue weighted by Crippen LogP contribution is 2.68. The van der Waals surface area contributed by atoms with Gasteiger partial charge in [0.1, 0.15) is 11.7 Å². The maximum atomic E-state index is 10.6. The van der Waals surface area contributed by atoms with Crippen LogP contribution in [0, 0.1) is 22.7 Å². The minimum Gasteiger partial charge on any atom is -0.472 e. The third-order valence-corrected chi connectivity index (χ3v) is 8.06. The fourth-order valence-electron chi connectivity index (χ4n) is 5.99. The molecule has 2 N–H and O–H groups in total. The second kappa shape index (κ2) is 5.33. The van der Waals surface area contributed by atoms with E-state index in [-0.39, 0.29) is 10.8 Å². The van der Waals surface area contributed by atoms with Crippen molar-refractivity contribution in [2.45, 2.75) is 70.7 Å². The molecule has 1 spiro atoms. The van der Waals surface area contributed by atoms with Crippen LogP contribution in [0.1, 0.15) is 52.0 Å². The molecule has 7 atom stereocenters. The average molecular weight is 334 g/mol. The van der Waals surface area contributed by atoms with Crippen molar-refractivity contribution < 1.29 is 19.4 Å². The molecule has 24 heavy (non-hydrogen) atoms. The van der Waals surface area contributed by atoms with Gasteiger partial charge in [0.2, 0.25) is 0 Å². The SMILES string of the molecule is C[C@@H]1CC[C@]2(C)[C@@H](C[C@@H](O)[C@H](O)[C@]23CO3)[C@@]1(C)CCc1ccoc1. The van der Waals surface area contributed by atoms with Crippen LogP contribution >= 0.6 is 0 Å². The van der Waals surface area contributed by atoms with Crippen LogP contribution < -0.4 is 0 Å². The van der Waals surface area contributed by atoms with Crippen LogP contribution in [0.25, 0.3) is 0 Å². The normalized spacial score (nSPS) is 50.7. The minimum absolute atomic E-state index is 0.0523. The van der Waals surface area contributed by atoms with E-state index in [1.165, 1.54) is 5.56 Å². The lowest BCUT2D eigenvalue weighted by Crippen LogP contribution is -2.65. The van der Waals surface area contributed by atoms with Crippen molar-refractivity contribution in [3.63, 3.8) is 0 Å². The third kappa shape index (κ3) is 2.09. The quantitative estimate of drug-likeness (QED) is 0.833. The summed E-state index contributed by atoms with van der Waals surface area (Å²) in [7, 11) is 0. The number of hydrogen-bond acceptors (Lipinski definition) is 4. The van der Waals surface area contributed by atoms with Crippen molar-refractivity contribution in [1.29, 1.82) is 0 Å². The number of hydrogen-bond donors (Lipinski definition) is 2. The summed E-state index contributed by atoms with van der Waals surface area (Å²) in [6, 6.07) is 2.04. The molecule has 0 aromatic carbocycles. The number of ether oxygens (including phenoxy) is 1. The Balaban J connectivity index is 1.65. The smallest absolute Gasteiger partial charge is 0.125 e. The van der Waals surface area contributed by atoms with Gasteiger partial charge in [0.05, 0.1) is 25.2 Å². The fraction of sp³-hybridized carbons (Fsp3) is 0.800. The second-order valence-corrected chi connectivity index (χ2v) is 8.97. The van der Waals surface area contributed by atoms with E-state index in [0.717, 1.165) is 25.7 Å². The Bertz CT molecular complexity index is 593. The Morgan fingerprint density at radius 2 is 2.04 bits per heavy atom. The molecule has 2 saturated carbocycles. The third-order valence-electron chi connectivity index (χ3n) is 8.06. The van der Waals surface area contributed by atoms with Gasteiger partial charge in [0, 0.05) is 5.41 Å². The summed E-state index contributed by atoms with van der Waals surface area (Å²) in [6.45, 7) is 7.62. The van der Waals surface area contributed by atoms with Gasteiger partial charge in [-0.3, -0.25) is 0 Å². The molecule has 1 aliphatic heterocycles. The minimum atomic E-state index is -0.745. The van der Waals surface area contributed by atoms with Crippen LogP contribution in [0.3, 0.4) is 0 Å². The molecule has 1 saturated heterocycles. The molecule has 4 nitrogen and oxygen atoms in total. The van der Waals surface area contributed by atoms with E-state index < -0.39 is 17.8 Å². The number of epoxide rings is 1. The van der Waals surface area contributed by atoms with Gasteiger partial charge in [0.25, 0.3) is 0 Å². The highest BCUT2D eigenvalue weighted by molar-refractivity contribution is 5.21. The highest BCUT2D eigenvalue weighted by Gasteiger charge is 2.73. The Labute approximate surface area is 144 Å². The molecule has 0 bridgehead atoms. The van der Waals surface area contributed by atoms with Crippen molar-refractivity contribution in [1.82, 2.24) is 0 Å². The predicted molar refractivity (Wildman–Crippen MR) is 90.4 cm³/mol. The van der Waals surface area contributed by atoms with Crippen LogP contribution in [-0.4, -0.2) is 34.6 Å². The zero-order valence-corrected chi connectivity index (χ0v) is 15.0. The molecule has 4 rings (SSSR count). The van der Waals surface area contributed by atoms with E-state index in [9.17, 15) is 10.2 Å². The summed E-state index contributed by atoms with van der Waals surface area (Å²) in [5, 5.41) is 21.1. The Morgan fingerprint density at radius 3 is 2.67 bits per heavy atom. The molecule has 2 aliphatic carbocycles. The molecular weight excluding hydrogens is 304 g/mol. The molecule has 2 heterocycles. The zero-order valence-electron chi connectivity index (χ0n) is 15.0. The van der Waals surface area contributed by atoms with Gasteiger partial charge in [-0.1, -0.05) is 20.8 Å². The molecule has 134 valence electrons. The molecule has 4 heteroatoms. The monoisotopic (exact) mass is 334 g/mol. The van der Waals surface area contributed by atoms with Gasteiger partial charge in [-0.15, -0.1) is 0 Å². The van der Waals surface area contributed by atoms with E-state index in [1.807, 2.05) is 12.3 Å². The number of aryl methyl sites for hydroxylation is 1. The maximum Gasteiger partial charge on any atom is 0.125 e. The van der Waals surface area contributed by atoms with E-state index in [1.54, 1.807) is 6.26 Å². The largest absolute Gasteiger partial charge is 0.472 e. The van der Waals surface area contributed by atoms with Crippen LogP contribution in [0.15, 0.2) is 23.0 Å². The van der Waals surface area contributed by atoms with Crippen LogP contribution in [-0.2, 0) is 11.2 Å². The summed E-state index contributed by atoms with van der Waals surface area (Å²) < 4.78 is 11.1. The number of rotatable bonds is 3. The highest BCUT2D eigenvalue weighted by atomic mass is 16.6. The van der Waals surface area contributed by atoms with Gasteiger partial charge >= 0.3 is 0 Å². The zero-order chi connectivity index (χ0) is 17.2. The van der Waals surface area contributed by atoms with Crippen LogP contribution in [0.5, 0.6) is 0 Å². The van der Waals surface area contributed by atoms with Crippen LogP contribution in [0.2, 0.25) is 0 Å². The first-order valence-electron chi connectivity index (χ1n) is 9.35. The first-order chi connectivity index (χ1) is 11.3. The van der Waals surface area contributed by atoms with Crippen molar-refractivity contribution >= 4 is 0 Å². The van der Waals surface area contributed by atoms with E-state index in [2.05, 4.69) is 20.8 Å². The lowest BCUT2D eigenvalue weighted by atomic mass is 9.43. The first kappa shape index (κ1) is 16.6. The van der Waals surface area contributed by atoms with Crippen molar-refractivity contribution in [3.8, 4) is 0 Å². The first-order valence-corrected chi connectivity index (χ1v) is 9.35. The standard InChI is InChI=1S/C20H30O4/c1-13-4-8-19(3)16(10-15(21)17(22)20(19)12-24-20)18(13,2)7-5-14-6-9-23-11-14/h6,9,11,13,15-17,21-22H,4-5,7-8,10,12H2,1-3H3/t13-,15-,16+,17+,18+,19-,20-/m1/s1. The average Bonchev–Trinajstić information content (AvgIpc) is 3.21. The number of aliphatic hydroxyl groups excluding tert-OH is 2. The molecule has 3 aliphatic rings. The van der Waals surface area contributed by atoms with Gasteiger partial charge in [-0.05, 0) is 61.0 Å². The lowest BCUT2D eigenvalue weighted by molar-refractivity contribution is -0.197. The fourth-order valence-corrected chi connectivity index (χ4v) is 5.99. The van der Waals surface area contributed by atoms with E-state index in [4.69, 9.17) is 9.15 Å². The molecule has 1 aromatic heterocycles. The van der Waals surface area contributed by atoms with Crippen LogP contribution in [0.4, 0.5) is 0 Å². The molecule has 3 fully saturated rings. The number of aliphatic hydroxyl groups is 2. The summed E-state index contributed by atoms with van der Waals surface area (Å²) >= 11 is 0. The molecule has 0 radical (unpaired) electrons. The summed E-state index contributed by atoms with van der Waals surface area (Å²) in [6.07, 6.45) is 7.13. The summed E-state index contributed by atoms with van der Waals surface area (Å²) in [5.41, 5.74) is 0.796. The summed E-state index contributed by atoms with van der Waals surface area (Å²) in [5.74, 6) is 0.960. The van der Waals surface area contributed by atoms with Gasteiger partial charge < -0.3 is 19.4 Å². The number of fused-ring (bicyclic) bond motifs is 2. The Morgan fingerprint density at radius 1 is 1.29 bits per heavy atom. The molecule has 0 amide bonds. The predicted octanol–water partition coefficient (Wildman–Crippen LogP) is 3.17. The molecule has 0 unspecified atom stereocenters. The van der Waals surface area contributed by atoms with Gasteiger partial charge in [0.15, 0.2) is 0 Å². The van der Waals surface area contributed by atoms with E-state index >= 15 is 0 Å². The topological polar surface area (TPSA) is 66.1 Å². The van der Waals surface area contributed by atoms with Crippen molar-refractivity contribution in [2.24, 2.45) is 22.7 Å². The maximum absolute atomic E-state index is 10.6. The Hall–Kier alpha value is -0.840. The molecular formula is C20H30O4. The van der Waals surface area contributed by atoms with Crippen molar-refractivity contribution in [3.05, 3.63) is 24.2 Å². The van der Waals surface area contributed by atoms with Crippen molar-refractivity contribution in [2.75, 3.05) is 6.61 Å².